The highest BCUT2D eigenvalue weighted by Gasteiger charge is 2.16. The first-order chi connectivity index (χ1) is 12.3. The summed E-state index contributed by atoms with van der Waals surface area (Å²) < 4.78 is 0. The van der Waals surface area contributed by atoms with Crippen LogP contribution in [0.3, 0.4) is 0 Å². The first-order valence-corrected chi connectivity index (χ1v) is 8.82. The van der Waals surface area contributed by atoms with Crippen molar-refractivity contribution >= 4 is 16.8 Å². The molecule has 0 spiro atoms. The minimum Gasteiger partial charge on any atom is -0.351 e. The van der Waals surface area contributed by atoms with E-state index in [1.165, 1.54) is 11.1 Å². The predicted molar refractivity (Wildman–Crippen MR) is 98.5 cm³/mol. The Kier molecular flexibility index (Phi) is 4.48. The van der Waals surface area contributed by atoms with Crippen molar-refractivity contribution in [2.75, 3.05) is 19.6 Å². The Balaban J connectivity index is 1.27. The Morgan fingerprint density at radius 2 is 1.92 bits per heavy atom. The molecule has 2 heterocycles. The van der Waals surface area contributed by atoms with Crippen LogP contribution in [0.2, 0.25) is 0 Å². The number of carbonyl (C=O) groups is 1. The van der Waals surface area contributed by atoms with Gasteiger partial charge in [-0.1, -0.05) is 42.5 Å². The van der Waals surface area contributed by atoms with Crippen molar-refractivity contribution in [3.05, 3.63) is 65.4 Å². The molecule has 2 N–H and O–H groups in total. The summed E-state index contributed by atoms with van der Waals surface area (Å²) >= 11 is 0. The van der Waals surface area contributed by atoms with E-state index in [1.54, 1.807) is 0 Å². The number of aromatic nitrogens is 2. The number of fused-ring (bicyclic) bond motifs is 2. The number of nitrogens with one attached hydrogen (secondary N) is 2. The molecule has 0 radical (unpaired) electrons. The summed E-state index contributed by atoms with van der Waals surface area (Å²) in [7, 11) is 0. The molecule has 4 rings (SSSR count). The van der Waals surface area contributed by atoms with Gasteiger partial charge in [0.05, 0.1) is 5.52 Å². The number of hydrogen-bond donors (Lipinski definition) is 2. The standard InChI is InChI=1S/C20H22N4O/c25-20(19-17-8-3-4-9-18(17)22-23-19)21-11-5-12-24-13-10-15-6-1-2-7-16(15)14-24/h1-4,6-9H,5,10-14H2,(H,21,25)(H,22,23). The number of aromatic amines is 1. The molecule has 1 aromatic heterocycles. The van der Waals surface area contributed by atoms with Crippen LogP contribution in [-0.4, -0.2) is 40.6 Å². The molecule has 1 aliphatic heterocycles. The van der Waals surface area contributed by atoms with E-state index in [0.29, 0.717) is 12.2 Å². The fourth-order valence-corrected chi connectivity index (χ4v) is 3.47. The van der Waals surface area contributed by atoms with Crippen molar-refractivity contribution in [3.63, 3.8) is 0 Å². The van der Waals surface area contributed by atoms with E-state index in [2.05, 4.69) is 44.7 Å². The number of rotatable bonds is 5. The van der Waals surface area contributed by atoms with Gasteiger partial charge in [-0.15, -0.1) is 0 Å². The molecule has 1 amide bonds. The average Bonchev–Trinajstić information content (AvgIpc) is 3.09. The van der Waals surface area contributed by atoms with Crippen LogP contribution in [0.15, 0.2) is 48.5 Å². The first kappa shape index (κ1) is 15.8. The maximum Gasteiger partial charge on any atom is 0.272 e. The molecular formula is C20H22N4O. The van der Waals surface area contributed by atoms with Crippen LogP contribution in [0, 0.1) is 0 Å². The molecule has 128 valence electrons. The molecule has 1 aliphatic rings. The minimum atomic E-state index is -0.110. The third-order valence-electron chi connectivity index (χ3n) is 4.83. The van der Waals surface area contributed by atoms with Crippen LogP contribution in [0.4, 0.5) is 0 Å². The lowest BCUT2D eigenvalue weighted by molar-refractivity contribution is 0.0948. The summed E-state index contributed by atoms with van der Waals surface area (Å²) in [6.07, 6.45) is 2.05. The Morgan fingerprint density at radius 3 is 2.84 bits per heavy atom. The zero-order valence-corrected chi connectivity index (χ0v) is 14.2. The highest BCUT2D eigenvalue weighted by atomic mass is 16.1. The lowest BCUT2D eigenvalue weighted by Gasteiger charge is -2.28. The van der Waals surface area contributed by atoms with E-state index in [-0.39, 0.29) is 5.91 Å². The van der Waals surface area contributed by atoms with Gasteiger partial charge in [0.15, 0.2) is 5.69 Å². The van der Waals surface area contributed by atoms with Crippen LogP contribution in [0.25, 0.3) is 10.9 Å². The number of nitrogens with zero attached hydrogens (tertiary/aromatic N) is 2. The molecular weight excluding hydrogens is 312 g/mol. The molecule has 0 unspecified atom stereocenters. The molecule has 25 heavy (non-hydrogen) atoms. The van der Waals surface area contributed by atoms with Gasteiger partial charge in [0.2, 0.25) is 0 Å². The molecule has 0 fully saturated rings. The van der Waals surface area contributed by atoms with Gasteiger partial charge in [-0.25, -0.2) is 0 Å². The monoisotopic (exact) mass is 334 g/mol. The quantitative estimate of drug-likeness (QED) is 0.705. The lowest BCUT2D eigenvalue weighted by Crippen LogP contribution is -2.33. The first-order valence-electron chi connectivity index (χ1n) is 8.82. The van der Waals surface area contributed by atoms with E-state index < -0.39 is 0 Å². The molecule has 0 atom stereocenters. The minimum absolute atomic E-state index is 0.110. The fourth-order valence-electron chi connectivity index (χ4n) is 3.47. The van der Waals surface area contributed by atoms with Crippen molar-refractivity contribution in [2.24, 2.45) is 0 Å². The average molecular weight is 334 g/mol. The topological polar surface area (TPSA) is 61.0 Å². The van der Waals surface area contributed by atoms with Gasteiger partial charge in [-0.2, -0.15) is 5.10 Å². The van der Waals surface area contributed by atoms with Crippen LogP contribution >= 0.6 is 0 Å². The van der Waals surface area contributed by atoms with Gasteiger partial charge in [-0.3, -0.25) is 14.8 Å². The molecule has 2 aromatic carbocycles. The largest absolute Gasteiger partial charge is 0.351 e. The Morgan fingerprint density at radius 1 is 1.12 bits per heavy atom. The maximum atomic E-state index is 12.3. The zero-order chi connectivity index (χ0) is 17.1. The summed E-state index contributed by atoms with van der Waals surface area (Å²) in [5.74, 6) is -0.110. The number of amides is 1. The van der Waals surface area contributed by atoms with Gasteiger partial charge in [-0.05, 0) is 30.0 Å². The van der Waals surface area contributed by atoms with E-state index in [1.807, 2.05) is 24.3 Å². The Labute approximate surface area is 147 Å². The summed E-state index contributed by atoms with van der Waals surface area (Å²) in [6.45, 7) is 3.76. The van der Waals surface area contributed by atoms with Gasteiger partial charge >= 0.3 is 0 Å². The third kappa shape index (κ3) is 3.42. The number of H-pyrrole nitrogens is 1. The second-order valence-electron chi connectivity index (χ2n) is 6.52. The molecule has 0 bridgehead atoms. The van der Waals surface area contributed by atoms with Crippen molar-refractivity contribution in [2.45, 2.75) is 19.4 Å². The number of benzene rings is 2. The fraction of sp³-hybridized carbons (Fsp3) is 0.300. The van der Waals surface area contributed by atoms with Crippen LogP contribution in [0.1, 0.15) is 28.0 Å². The van der Waals surface area contributed by atoms with E-state index in [4.69, 9.17) is 0 Å². The second-order valence-corrected chi connectivity index (χ2v) is 6.52. The van der Waals surface area contributed by atoms with E-state index in [0.717, 1.165) is 43.4 Å². The molecule has 0 saturated carbocycles. The molecule has 0 aliphatic carbocycles. The zero-order valence-electron chi connectivity index (χ0n) is 14.2. The lowest BCUT2D eigenvalue weighted by atomic mass is 10.00. The van der Waals surface area contributed by atoms with Crippen molar-refractivity contribution < 1.29 is 4.79 Å². The van der Waals surface area contributed by atoms with Crippen molar-refractivity contribution in [1.29, 1.82) is 0 Å². The Hall–Kier alpha value is -2.66. The Bertz CT molecular complexity index is 886. The molecule has 3 aromatic rings. The van der Waals surface area contributed by atoms with Gasteiger partial charge in [0.25, 0.3) is 5.91 Å². The number of carbonyl (C=O) groups excluding carboxylic acids is 1. The van der Waals surface area contributed by atoms with Gasteiger partial charge in [0, 0.05) is 31.6 Å². The van der Waals surface area contributed by atoms with Crippen LogP contribution < -0.4 is 5.32 Å². The van der Waals surface area contributed by atoms with Crippen LogP contribution in [0.5, 0.6) is 0 Å². The summed E-state index contributed by atoms with van der Waals surface area (Å²) in [6, 6.07) is 16.3. The summed E-state index contributed by atoms with van der Waals surface area (Å²) in [5, 5.41) is 10.9. The third-order valence-corrected chi connectivity index (χ3v) is 4.83. The predicted octanol–water partition coefficient (Wildman–Crippen LogP) is 2.74. The van der Waals surface area contributed by atoms with Gasteiger partial charge in [0.1, 0.15) is 0 Å². The maximum absolute atomic E-state index is 12.3. The number of para-hydroxylation sites is 1. The highest BCUT2D eigenvalue weighted by molar-refractivity contribution is 6.04. The van der Waals surface area contributed by atoms with E-state index in [9.17, 15) is 4.79 Å². The van der Waals surface area contributed by atoms with E-state index >= 15 is 0 Å². The second kappa shape index (κ2) is 7.07. The normalized spacial score (nSPS) is 14.4. The van der Waals surface area contributed by atoms with Crippen LogP contribution in [-0.2, 0) is 13.0 Å². The summed E-state index contributed by atoms with van der Waals surface area (Å²) in [5.41, 5.74) is 4.26. The van der Waals surface area contributed by atoms with Gasteiger partial charge < -0.3 is 5.32 Å². The SMILES string of the molecule is O=C(NCCCN1CCc2ccccc2C1)c1n[nH]c2ccccc12. The summed E-state index contributed by atoms with van der Waals surface area (Å²) in [4.78, 5) is 14.8. The number of hydrogen-bond acceptors (Lipinski definition) is 3. The molecule has 0 saturated heterocycles. The molecule has 5 heteroatoms. The highest BCUT2D eigenvalue weighted by Crippen LogP contribution is 2.18. The molecule has 5 nitrogen and oxygen atoms in total. The smallest absolute Gasteiger partial charge is 0.272 e. The van der Waals surface area contributed by atoms with Crippen molar-refractivity contribution in [3.8, 4) is 0 Å². The van der Waals surface area contributed by atoms with Crippen molar-refractivity contribution in [1.82, 2.24) is 20.4 Å².